The van der Waals surface area contributed by atoms with Crippen LogP contribution < -0.4 is 5.56 Å². The van der Waals surface area contributed by atoms with E-state index in [0.29, 0.717) is 17.3 Å². The van der Waals surface area contributed by atoms with E-state index in [-0.39, 0.29) is 11.5 Å². The lowest BCUT2D eigenvalue weighted by Crippen LogP contribution is -2.21. The van der Waals surface area contributed by atoms with Gasteiger partial charge in [-0.05, 0) is 36.5 Å². The zero-order chi connectivity index (χ0) is 22.4. The molecule has 6 rings (SSSR count). The van der Waals surface area contributed by atoms with E-state index in [0.717, 1.165) is 49.6 Å². The first kappa shape index (κ1) is 20.3. The Morgan fingerprint density at radius 2 is 1.91 bits per heavy atom. The molecule has 2 aliphatic rings. The zero-order valence-electron chi connectivity index (χ0n) is 18.8. The third-order valence-electron chi connectivity index (χ3n) is 7.22. The van der Waals surface area contributed by atoms with Crippen molar-refractivity contribution < 1.29 is 0 Å². The first-order valence-corrected chi connectivity index (χ1v) is 11.8. The topological polar surface area (TPSA) is 97.5 Å². The van der Waals surface area contributed by atoms with E-state index in [4.69, 9.17) is 4.98 Å². The summed E-state index contributed by atoms with van der Waals surface area (Å²) in [4.78, 5) is 27.3. The van der Waals surface area contributed by atoms with Gasteiger partial charge >= 0.3 is 0 Å². The Balaban J connectivity index is 1.21. The fraction of sp³-hybridized carbons (Fsp3) is 0.458. The average molecular weight is 445 g/mol. The molecule has 0 unspecified atom stereocenters. The second-order valence-corrected chi connectivity index (χ2v) is 9.50. The Morgan fingerprint density at radius 1 is 1.09 bits per heavy atom. The molecule has 1 saturated heterocycles. The molecule has 170 valence electrons. The van der Waals surface area contributed by atoms with Gasteiger partial charge in [0.15, 0.2) is 5.65 Å². The Kier molecular flexibility index (Phi) is 5.05. The summed E-state index contributed by atoms with van der Waals surface area (Å²) >= 11 is 0. The smallest absolute Gasteiger partial charge is 0.262 e. The molecule has 0 spiro atoms. The molecular formula is C24H28N8O. The number of nitrogens with zero attached hydrogens (tertiary/aromatic N) is 7. The highest BCUT2D eigenvalue weighted by atomic mass is 16.1. The molecule has 9 heteroatoms. The van der Waals surface area contributed by atoms with Gasteiger partial charge < -0.3 is 4.98 Å². The minimum Gasteiger partial charge on any atom is -0.310 e. The van der Waals surface area contributed by atoms with E-state index >= 15 is 0 Å². The minimum absolute atomic E-state index is 0.0754. The van der Waals surface area contributed by atoms with Crippen LogP contribution in [0.4, 0.5) is 0 Å². The number of fused-ring (bicyclic) bond motifs is 1. The predicted molar refractivity (Wildman–Crippen MR) is 124 cm³/mol. The van der Waals surface area contributed by atoms with Crippen LogP contribution in [0.2, 0.25) is 0 Å². The molecule has 4 aromatic rings. The Bertz CT molecular complexity index is 1300. The first-order valence-electron chi connectivity index (χ1n) is 11.8. The lowest BCUT2D eigenvalue weighted by molar-refractivity contribution is 0.318. The van der Waals surface area contributed by atoms with Gasteiger partial charge in [-0.15, -0.1) is 0 Å². The van der Waals surface area contributed by atoms with Gasteiger partial charge in [0.2, 0.25) is 0 Å². The molecule has 1 saturated carbocycles. The van der Waals surface area contributed by atoms with Gasteiger partial charge in [-0.1, -0.05) is 31.9 Å². The Morgan fingerprint density at radius 3 is 2.67 bits per heavy atom. The molecule has 33 heavy (non-hydrogen) atoms. The van der Waals surface area contributed by atoms with Crippen molar-refractivity contribution >= 4 is 11.0 Å². The van der Waals surface area contributed by atoms with E-state index in [9.17, 15) is 4.79 Å². The molecule has 0 amide bonds. The average Bonchev–Trinajstić information content (AvgIpc) is 3.61. The number of nitrogens with one attached hydrogen (secondary N) is 1. The normalized spacial score (nSPS) is 22.0. The Labute approximate surface area is 191 Å². The molecule has 0 radical (unpaired) electrons. The van der Waals surface area contributed by atoms with Gasteiger partial charge in [0.05, 0.1) is 17.9 Å². The number of aromatic nitrogens is 7. The largest absolute Gasteiger partial charge is 0.310 e. The van der Waals surface area contributed by atoms with Crippen molar-refractivity contribution in [3.63, 3.8) is 0 Å². The maximum Gasteiger partial charge on any atom is 0.262 e. The first-order chi connectivity index (χ1) is 16.2. The molecule has 2 fully saturated rings. The van der Waals surface area contributed by atoms with Crippen LogP contribution in [0.25, 0.3) is 16.7 Å². The van der Waals surface area contributed by atoms with Crippen LogP contribution in [0, 0.1) is 5.92 Å². The summed E-state index contributed by atoms with van der Waals surface area (Å²) in [5, 5.41) is 9.31. The third kappa shape index (κ3) is 3.76. The fourth-order valence-corrected chi connectivity index (χ4v) is 5.45. The number of likely N-dealkylation sites (tertiary alicyclic amines) is 1. The number of benzene rings is 1. The summed E-state index contributed by atoms with van der Waals surface area (Å²) in [6.07, 6.45) is 9.58. The van der Waals surface area contributed by atoms with Crippen LogP contribution in [0.3, 0.4) is 0 Å². The number of hydrogen-bond acceptors (Lipinski definition) is 6. The highest BCUT2D eigenvalue weighted by molar-refractivity contribution is 5.73. The molecule has 2 atom stereocenters. The van der Waals surface area contributed by atoms with E-state index in [2.05, 4.69) is 56.3 Å². The van der Waals surface area contributed by atoms with Crippen molar-refractivity contribution in [1.82, 2.24) is 39.4 Å². The molecule has 1 aliphatic carbocycles. The highest BCUT2D eigenvalue weighted by Crippen LogP contribution is 2.33. The monoisotopic (exact) mass is 444 g/mol. The van der Waals surface area contributed by atoms with Crippen molar-refractivity contribution in [2.24, 2.45) is 5.92 Å². The van der Waals surface area contributed by atoms with E-state index in [1.54, 1.807) is 17.2 Å². The second-order valence-electron chi connectivity index (χ2n) is 9.50. The zero-order valence-corrected chi connectivity index (χ0v) is 18.8. The van der Waals surface area contributed by atoms with Crippen LogP contribution in [-0.4, -0.2) is 52.5 Å². The highest BCUT2D eigenvalue weighted by Gasteiger charge is 2.33. The molecule has 4 heterocycles. The van der Waals surface area contributed by atoms with Crippen LogP contribution in [-0.2, 0) is 6.54 Å². The van der Waals surface area contributed by atoms with Gasteiger partial charge in [-0.25, -0.2) is 19.3 Å². The Hall–Kier alpha value is -3.33. The van der Waals surface area contributed by atoms with Gasteiger partial charge in [0, 0.05) is 25.6 Å². The fourth-order valence-electron chi connectivity index (χ4n) is 5.45. The third-order valence-corrected chi connectivity index (χ3v) is 7.22. The van der Waals surface area contributed by atoms with Crippen molar-refractivity contribution in [2.75, 3.05) is 13.1 Å². The van der Waals surface area contributed by atoms with E-state index in [1.807, 2.05) is 4.68 Å². The molecule has 0 bridgehead atoms. The molecule has 1 aliphatic heterocycles. The lowest BCUT2D eigenvalue weighted by atomic mass is 9.97. The summed E-state index contributed by atoms with van der Waals surface area (Å²) in [6, 6.07) is 8.78. The molecule has 9 nitrogen and oxygen atoms in total. The molecular weight excluding hydrogens is 416 g/mol. The van der Waals surface area contributed by atoms with Crippen LogP contribution in [0.15, 0.2) is 47.9 Å². The second kappa shape index (κ2) is 8.22. The standard InChI is InChI=1S/C24H28N8O/c1-16-11-30(12-17-6-8-18(9-7-17)31-15-25-14-27-31)13-21(16)22-28-23-20(24(33)29-22)10-26-32(23)19-4-2-3-5-19/h6-10,14-16,19,21H,2-5,11-13H2,1H3,(H,28,29,33)/t16-,21-/m1/s1. The van der Waals surface area contributed by atoms with Gasteiger partial charge in [0.25, 0.3) is 5.56 Å². The minimum atomic E-state index is -0.0754. The maximum absolute atomic E-state index is 12.8. The van der Waals surface area contributed by atoms with Crippen molar-refractivity contribution in [1.29, 1.82) is 0 Å². The van der Waals surface area contributed by atoms with Gasteiger partial charge in [-0.3, -0.25) is 9.69 Å². The SMILES string of the molecule is C[C@@H]1CN(Cc2ccc(-n3cncn3)cc2)C[C@H]1c1nc2c(cnn2C2CCCC2)c(=O)[nH]1. The summed E-state index contributed by atoms with van der Waals surface area (Å²) in [7, 11) is 0. The number of rotatable bonds is 5. The number of hydrogen-bond donors (Lipinski definition) is 1. The number of aromatic amines is 1. The van der Waals surface area contributed by atoms with E-state index in [1.165, 1.54) is 24.7 Å². The quantitative estimate of drug-likeness (QED) is 0.508. The van der Waals surface area contributed by atoms with Crippen molar-refractivity contribution in [2.45, 2.75) is 51.1 Å². The molecule has 3 aromatic heterocycles. The summed E-state index contributed by atoms with van der Waals surface area (Å²) in [5.41, 5.74) is 2.92. The van der Waals surface area contributed by atoms with Crippen LogP contribution >= 0.6 is 0 Å². The van der Waals surface area contributed by atoms with Gasteiger partial charge in [-0.2, -0.15) is 10.2 Å². The number of H-pyrrole nitrogens is 1. The predicted octanol–water partition coefficient (Wildman–Crippen LogP) is 3.05. The summed E-state index contributed by atoms with van der Waals surface area (Å²) in [6.45, 7) is 4.96. The lowest BCUT2D eigenvalue weighted by Gasteiger charge is -2.16. The molecule has 1 N–H and O–H groups in total. The van der Waals surface area contributed by atoms with E-state index < -0.39 is 0 Å². The maximum atomic E-state index is 12.8. The molecule has 1 aromatic carbocycles. The van der Waals surface area contributed by atoms with Crippen molar-refractivity contribution in [3.05, 3.63) is 64.9 Å². The van der Waals surface area contributed by atoms with Crippen molar-refractivity contribution in [3.8, 4) is 5.69 Å². The van der Waals surface area contributed by atoms with Crippen LogP contribution in [0.5, 0.6) is 0 Å². The van der Waals surface area contributed by atoms with Gasteiger partial charge in [0.1, 0.15) is 23.9 Å². The summed E-state index contributed by atoms with van der Waals surface area (Å²) in [5.74, 6) is 1.40. The van der Waals surface area contributed by atoms with Crippen LogP contribution in [0.1, 0.15) is 56.0 Å². The summed E-state index contributed by atoms with van der Waals surface area (Å²) < 4.78 is 3.75.